The number of hydrogen-bond donors (Lipinski definition) is 1. The highest BCUT2D eigenvalue weighted by molar-refractivity contribution is 9.10. The lowest BCUT2D eigenvalue weighted by Crippen LogP contribution is -2.31. The van der Waals surface area contributed by atoms with Crippen LogP contribution in [0.15, 0.2) is 22.7 Å². The zero-order valence-electron chi connectivity index (χ0n) is 10.9. The van der Waals surface area contributed by atoms with Gasteiger partial charge in [-0.3, -0.25) is 9.59 Å². The van der Waals surface area contributed by atoms with Crippen LogP contribution in [0, 0.1) is 11.7 Å². The molecule has 1 fully saturated rings. The summed E-state index contributed by atoms with van der Waals surface area (Å²) in [4.78, 5) is 24.8. The van der Waals surface area contributed by atoms with Crippen LogP contribution in [-0.2, 0) is 16.0 Å². The van der Waals surface area contributed by atoms with E-state index in [0.29, 0.717) is 32.4 Å². The van der Waals surface area contributed by atoms with Crippen molar-refractivity contribution in [3.8, 4) is 0 Å². The molecule has 1 heterocycles. The van der Waals surface area contributed by atoms with E-state index in [1.54, 1.807) is 11.0 Å². The molecule has 0 saturated carbocycles. The van der Waals surface area contributed by atoms with E-state index in [4.69, 9.17) is 5.73 Å². The molecule has 2 rings (SSSR count). The third-order valence-electron chi connectivity index (χ3n) is 3.56. The van der Waals surface area contributed by atoms with Crippen molar-refractivity contribution in [2.45, 2.75) is 19.3 Å². The third-order valence-corrected chi connectivity index (χ3v) is 4.33. The summed E-state index contributed by atoms with van der Waals surface area (Å²) >= 11 is 3.34. The fourth-order valence-corrected chi connectivity index (χ4v) is 2.80. The highest BCUT2D eigenvalue weighted by atomic mass is 79.9. The Kier molecular flexibility index (Phi) is 4.75. The molecule has 1 atom stereocenters. The Bertz CT molecular complexity index is 536. The normalized spacial score (nSPS) is 18.3. The number of carbonyl (C=O) groups excluding carboxylic acids is 2. The van der Waals surface area contributed by atoms with Crippen LogP contribution in [-0.4, -0.2) is 29.8 Å². The number of primary amides is 1. The number of nitrogens with two attached hydrogens (primary N) is 1. The Balaban J connectivity index is 1.90. The standard InChI is InChI=1S/C14H16BrFN2O2/c15-12-3-2-11(16)7-9(12)1-4-13(19)18-6-5-10(8-18)14(17)20/h2-3,7,10H,1,4-6,8H2,(H2,17,20)/t10-/m1/s1. The molecule has 1 aliphatic heterocycles. The lowest BCUT2D eigenvalue weighted by molar-refractivity contribution is -0.130. The monoisotopic (exact) mass is 342 g/mol. The maximum absolute atomic E-state index is 13.1. The number of nitrogens with zero attached hydrogens (tertiary/aromatic N) is 1. The predicted molar refractivity (Wildman–Crippen MR) is 76.3 cm³/mol. The van der Waals surface area contributed by atoms with Gasteiger partial charge in [-0.15, -0.1) is 0 Å². The predicted octanol–water partition coefficient (Wildman–Crippen LogP) is 1.85. The van der Waals surface area contributed by atoms with E-state index in [1.165, 1.54) is 12.1 Å². The van der Waals surface area contributed by atoms with Gasteiger partial charge in [0.15, 0.2) is 0 Å². The van der Waals surface area contributed by atoms with Gasteiger partial charge >= 0.3 is 0 Å². The van der Waals surface area contributed by atoms with Crippen LogP contribution in [0.3, 0.4) is 0 Å². The van der Waals surface area contributed by atoms with E-state index in [9.17, 15) is 14.0 Å². The van der Waals surface area contributed by atoms with Crippen molar-refractivity contribution in [2.75, 3.05) is 13.1 Å². The fraction of sp³-hybridized carbons (Fsp3) is 0.429. The van der Waals surface area contributed by atoms with Crippen LogP contribution < -0.4 is 5.73 Å². The van der Waals surface area contributed by atoms with Gasteiger partial charge in [-0.25, -0.2) is 4.39 Å². The van der Waals surface area contributed by atoms with Crippen LogP contribution in [0.5, 0.6) is 0 Å². The molecule has 4 nitrogen and oxygen atoms in total. The smallest absolute Gasteiger partial charge is 0.222 e. The lowest BCUT2D eigenvalue weighted by Gasteiger charge is -2.16. The van der Waals surface area contributed by atoms with Crippen LogP contribution in [0.2, 0.25) is 0 Å². The summed E-state index contributed by atoms with van der Waals surface area (Å²) in [5.41, 5.74) is 6.00. The van der Waals surface area contributed by atoms with Gasteiger partial charge in [-0.05, 0) is 36.6 Å². The van der Waals surface area contributed by atoms with Gasteiger partial charge in [-0.2, -0.15) is 0 Å². The first kappa shape index (κ1) is 15.0. The molecule has 0 aromatic heterocycles. The molecule has 1 saturated heterocycles. The van der Waals surface area contributed by atoms with E-state index in [1.807, 2.05) is 0 Å². The highest BCUT2D eigenvalue weighted by Gasteiger charge is 2.29. The number of halogens is 2. The minimum absolute atomic E-state index is 0.0232. The van der Waals surface area contributed by atoms with Gasteiger partial charge in [0.05, 0.1) is 5.92 Å². The average molecular weight is 343 g/mol. The van der Waals surface area contributed by atoms with Crippen LogP contribution in [0.4, 0.5) is 4.39 Å². The van der Waals surface area contributed by atoms with E-state index in [2.05, 4.69) is 15.9 Å². The van der Waals surface area contributed by atoms with Gasteiger partial charge in [0, 0.05) is 24.0 Å². The van der Waals surface area contributed by atoms with Crippen LogP contribution in [0.25, 0.3) is 0 Å². The number of amides is 2. The van der Waals surface area contributed by atoms with E-state index < -0.39 is 0 Å². The largest absolute Gasteiger partial charge is 0.369 e. The SMILES string of the molecule is NC(=O)[C@@H]1CCN(C(=O)CCc2cc(F)ccc2Br)C1. The molecule has 0 unspecified atom stereocenters. The molecule has 1 aromatic carbocycles. The molecule has 0 radical (unpaired) electrons. The highest BCUT2D eigenvalue weighted by Crippen LogP contribution is 2.21. The summed E-state index contributed by atoms with van der Waals surface area (Å²) in [5, 5.41) is 0. The molecular formula is C14H16BrFN2O2. The number of carbonyl (C=O) groups is 2. The maximum Gasteiger partial charge on any atom is 0.222 e. The van der Waals surface area contributed by atoms with Crippen molar-refractivity contribution < 1.29 is 14.0 Å². The summed E-state index contributed by atoms with van der Waals surface area (Å²) in [5.74, 6) is -0.927. The molecule has 20 heavy (non-hydrogen) atoms. The fourth-order valence-electron chi connectivity index (χ4n) is 2.35. The summed E-state index contributed by atoms with van der Waals surface area (Å²) in [7, 11) is 0. The summed E-state index contributed by atoms with van der Waals surface area (Å²) in [6.07, 6.45) is 1.40. The van der Waals surface area contributed by atoms with Gasteiger partial charge in [0.2, 0.25) is 11.8 Å². The Morgan fingerprint density at radius 2 is 2.20 bits per heavy atom. The summed E-state index contributed by atoms with van der Waals surface area (Å²) in [6.45, 7) is 0.968. The number of aryl methyl sites for hydroxylation is 1. The average Bonchev–Trinajstić information content (AvgIpc) is 2.89. The molecule has 1 aliphatic rings. The first-order valence-corrected chi connectivity index (χ1v) is 7.27. The number of benzene rings is 1. The molecule has 0 spiro atoms. The summed E-state index contributed by atoms with van der Waals surface area (Å²) < 4.78 is 13.9. The zero-order valence-corrected chi connectivity index (χ0v) is 12.5. The Labute approximate surface area is 125 Å². The van der Waals surface area contributed by atoms with E-state index in [0.717, 1.165) is 10.0 Å². The number of rotatable bonds is 4. The molecular weight excluding hydrogens is 327 g/mol. The van der Waals surface area contributed by atoms with Crippen molar-refractivity contribution in [1.29, 1.82) is 0 Å². The van der Waals surface area contributed by atoms with Gasteiger partial charge in [-0.1, -0.05) is 15.9 Å². The van der Waals surface area contributed by atoms with Crippen molar-refractivity contribution in [2.24, 2.45) is 11.7 Å². The first-order valence-electron chi connectivity index (χ1n) is 6.48. The van der Waals surface area contributed by atoms with Crippen molar-refractivity contribution in [3.63, 3.8) is 0 Å². The molecule has 1 aromatic rings. The minimum Gasteiger partial charge on any atom is -0.369 e. The van der Waals surface area contributed by atoms with E-state index in [-0.39, 0.29) is 23.5 Å². The Hall–Kier alpha value is -1.43. The second-order valence-electron chi connectivity index (χ2n) is 4.96. The first-order chi connectivity index (χ1) is 9.47. The van der Waals surface area contributed by atoms with Gasteiger partial charge in [0.25, 0.3) is 0 Å². The number of likely N-dealkylation sites (tertiary alicyclic amines) is 1. The van der Waals surface area contributed by atoms with Crippen molar-refractivity contribution >= 4 is 27.7 Å². The summed E-state index contributed by atoms with van der Waals surface area (Å²) in [6, 6.07) is 4.43. The molecule has 0 aliphatic carbocycles. The lowest BCUT2D eigenvalue weighted by atomic mass is 10.1. The molecule has 6 heteroatoms. The van der Waals surface area contributed by atoms with Crippen molar-refractivity contribution in [3.05, 3.63) is 34.1 Å². The topological polar surface area (TPSA) is 63.4 Å². The van der Waals surface area contributed by atoms with E-state index >= 15 is 0 Å². The second kappa shape index (κ2) is 6.35. The number of hydrogen-bond acceptors (Lipinski definition) is 2. The Morgan fingerprint density at radius 3 is 2.85 bits per heavy atom. The quantitative estimate of drug-likeness (QED) is 0.907. The van der Waals surface area contributed by atoms with Gasteiger partial charge in [0.1, 0.15) is 5.82 Å². The van der Waals surface area contributed by atoms with Crippen molar-refractivity contribution in [1.82, 2.24) is 4.90 Å². The Morgan fingerprint density at radius 1 is 1.45 bits per heavy atom. The molecule has 2 N–H and O–H groups in total. The molecule has 0 bridgehead atoms. The molecule has 2 amide bonds. The zero-order chi connectivity index (χ0) is 14.7. The van der Waals surface area contributed by atoms with Gasteiger partial charge < -0.3 is 10.6 Å². The second-order valence-corrected chi connectivity index (χ2v) is 5.82. The van der Waals surface area contributed by atoms with Crippen LogP contribution >= 0.6 is 15.9 Å². The maximum atomic E-state index is 13.1. The van der Waals surface area contributed by atoms with Crippen LogP contribution in [0.1, 0.15) is 18.4 Å². The third kappa shape index (κ3) is 3.56. The molecule has 108 valence electrons. The minimum atomic E-state index is -0.354.